The first-order valence-electron chi connectivity index (χ1n) is 10.9. The van der Waals surface area contributed by atoms with Gasteiger partial charge in [-0.3, -0.25) is 4.79 Å². The summed E-state index contributed by atoms with van der Waals surface area (Å²) in [5, 5.41) is 3.30. The number of aryl methyl sites for hydroxylation is 1. The summed E-state index contributed by atoms with van der Waals surface area (Å²) >= 11 is -1.76. The van der Waals surface area contributed by atoms with Crippen LogP contribution in [0.4, 0.5) is 11.4 Å². The van der Waals surface area contributed by atoms with Crippen molar-refractivity contribution in [1.82, 2.24) is 0 Å². The van der Waals surface area contributed by atoms with Crippen LogP contribution in [0.2, 0.25) is 0 Å². The zero-order chi connectivity index (χ0) is 22.5. The first-order chi connectivity index (χ1) is 14.1. The number of fused-ring (bicyclic) bond motifs is 1. The van der Waals surface area contributed by atoms with E-state index in [0.717, 1.165) is 41.5 Å². The summed E-state index contributed by atoms with van der Waals surface area (Å²) in [5.74, 6) is 0.106. The summed E-state index contributed by atoms with van der Waals surface area (Å²) in [4.78, 5) is 12.8. The number of ketones is 1. The van der Waals surface area contributed by atoms with Crippen molar-refractivity contribution in [1.29, 1.82) is 0 Å². The van der Waals surface area contributed by atoms with Gasteiger partial charge in [0.2, 0.25) is 0 Å². The van der Waals surface area contributed by atoms with Crippen molar-refractivity contribution in [2.45, 2.75) is 66.7 Å². The Hall–Kier alpha value is -1.25. The van der Waals surface area contributed by atoms with E-state index in [-0.39, 0.29) is 29.1 Å². The molecule has 0 radical (unpaired) electrons. The van der Waals surface area contributed by atoms with E-state index in [9.17, 15) is 17.8 Å². The molecular weight excluding hydrogens is 420 g/mol. The Balaban J connectivity index is 2.64. The molecule has 0 spiro atoms. The fourth-order valence-corrected chi connectivity index (χ4v) is 7.46. The first-order valence-corrected chi connectivity index (χ1v) is 13.8. The Kier molecular flexibility index (Phi) is 9.06. The van der Waals surface area contributed by atoms with Gasteiger partial charge in [0.1, 0.15) is 11.4 Å². The second kappa shape index (κ2) is 10.9. The normalized spacial score (nSPS) is 15.1. The third-order valence-electron chi connectivity index (χ3n) is 4.86. The fraction of sp³-hybridized carbons (Fsp3) is 0.682. The van der Waals surface area contributed by atoms with E-state index in [0.29, 0.717) is 23.4 Å². The Morgan fingerprint density at radius 1 is 1.23 bits per heavy atom. The lowest BCUT2D eigenvalue weighted by Gasteiger charge is -2.31. The van der Waals surface area contributed by atoms with Crippen molar-refractivity contribution in [3.8, 4) is 0 Å². The molecule has 0 saturated carbocycles. The fourth-order valence-electron chi connectivity index (χ4n) is 3.59. The van der Waals surface area contributed by atoms with Gasteiger partial charge in [0, 0.05) is 24.4 Å². The molecule has 1 heterocycles. The second-order valence-corrected chi connectivity index (χ2v) is 12.3. The van der Waals surface area contributed by atoms with Gasteiger partial charge in [-0.1, -0.05) is 44.8 Å². The molecule has 1 atom stereocenters. The van der Waals surface area contributed by atoms with Gasteiger partial charge in [-0.2, -0.15) is 0 Å². The zero-order valence-electron chi connectivity index (χ0n) is 18.9. The number of hydrogen-bond donors (Lipinski definition) is 1. The number of hydrogen-bond acceptors (Lipinski definition) is 5. The van der Waals surface area contributed by atoms with Crippen molar-refractivity contribution in [3.05, 3.63) is 23.3 Å². The van der Waals surface area contributed by atoms with Crippen LogP contribution in [0.25, 0.3) is 0 Å². The number of unbranched alkanes of at least 4 members (excludes halogenated alkanes) is 1. The summed E-state index contributed by atoms with van der Waals surface area (Å²) in [6, 6.07) is 3.51. The van der Waals surface area contributed by atoms with Gasteiger partial charge in [0.05, 0.1) is 22.8 Å². The van der Waals surface area contributed by atoms with Gasteiger partial charge in [0.15, 0.2) is 5.78 Å². The monoisotopic (exact) mass is 456 g/mol. The van der Waals surface area contributed by atoms with Crippen LogP contribution in [-0.2, 0) is 27.8 Å². The highest BCUT2D eigenvalue weighted by atomic mass is 32.3. The highest BCUT2D eigenvalue weighted by Crippen LogP contribution is 2.38. The maximum Gasteiger partial charge on any atom is 0.273 e. The zero-order valence-corrected chi connectivity index (χ0v) is 20.5. The maximum atomic E-state index is 13.3. The number of benzene rings is 1. The van der Waals surface area contributed by atoms with Crippen molar-refractivity contribution in [2.75, 3.05) is 27.1 Å². The SMILES string of the molecule is CCCCC(=O)c1cc2c(c(N([S+]([O-])CC(C)C)S(=O)(=O)CC(C)C)c1)NCCC2. The molecule has 30 heavy (non-hydrogen) atoms. The topological polar surface area (TPSA) is 89.5 Å². The summed E-state index contributed by atoms with van der Waals surface area (Å²) in [6.07, 6.45) is 3.80. The van der Waals surface area contributed by atoms with Crippen molar-refractivity contribution in [3.63, 3.8) is 0 Å². The molecule has 6 nitrogen and oxygen atoms in total. The Bertz CT molecular complexity index is 838. The lowest BCUT2D eigenvalue weighted by molar-refractivity contribution is 0.0979. The molecular formula is C22H36N2O4S2. The van der Waals surface area contributed by atoms with Crippen LogP contribution in [0.15, 0.2) is 12.1 Å². The van der Waals surface area contributed by atoms with Crippen molar-refractivity contribution >= 4 is 38.5 Å². The Labute approximate surface area is 185 Å². The van der Waals surface area contributed by atoms with Gasteiger partial charge in [-0.15, -0.1) is 0 Å². The summed E-state index contributed by atoms with van der Waals surface area (Å²) in [5.41, 5.74) is 2.47. The Morgan fingerprint density at radius 2 is 1.93 bits per heavy atom. The average molecular weight is 457 g/mol. The second-order valence-electron chi connectivity index (χ2n) is 8.87. The number of carbonyl (C=O) groups excluding carboxylic acids is 1. The molecule has 1 N–H and O–H groups in total. The highest BCUT2D eigenvalue weighted by molar-refractivity contribution is 8.10. The predicted octanol–water partition coefficient (Wildman–Crippen LogP) is 4.53. The van der Waals surface area contributed by atoms with Crippen LogP contribution in [0.1, 0.15) is 76.2 Å². The molecule has 0 aliphatic carbocycles. The molecule has 2 rings (SSSR count). The van der Waals surface area contributed by atoms with Crippen LogP contribution in [0.3, 0.4) is 0 Å². The smallest absolute Gasteiger partial charge is 0.273 e. The third-order valence-corrected chi connectivity index (χ3v) is 9.35. The van der Waals surface area contributed by atoms with Crippen LogP contribution < -0.4 is 9.03 Å². The molecule has 0 amide bonds. The molecule has 1 aromatic carbocycles. The van der Waals surface area contributed by atoms with Gasteiger partial charge in [0.25, 0.3) is 10.0 Å². The van der Waals surface area contributed by atoms with Crippen molar-refractivity contribution < 1.29 is 17.8 Å². The lowest BCUT2D eigenvalue weighted by Crippen LogP contribution is -2.42. The van der Waals surface area contributed by atoms with Crippen LogP contribution in [0, 0.1) is 11.8 Å². The molecule has 0 bridgehead atoms. The first kappa shape index (κ1) is 25.0. The number of sulfonamides is 1. The standard InChI is InChI=1S/C22H36N2O4S2/c1-6-7-10-21(25)19-12-18-9-8-11-23-22(18)20(13-19)24(29(26)14-16(2)3)30(27,28)15-17(4)5/h12-13,16-17,23H,6-11,14-15H2,1-5H3. The number of anilines is 2. The summed E-state index contributed by atoms with van der Waals surface area (Å²) in [7, 11) is -3.83. The van der Waals surface area contributed by atoms with Gasteiger partial charge >= 0.3 is 0 Å². The van der Waals surface area contributed by atoms with E-state index in [1.165, 1.54) is 0 Å². The van der Waals surface area contributed by atoms with E-state index >= 15 is 0 Å². The number of Topliss-reactive ketones (excluding diaryl/α,β-unsaturated/α-hetero) is 1. The highest BCUT2D eigenvalue weighted by Gasteiger charge is 2.37. The van der Waals surface area contributed by atoms with E-state index < -0.39 is 21.4 Å². The van der Waals surface area contributed by atoms with Gasteiger partial charge in [-0.25, -0.2) is 8.42 Å². The van der Waals surface area contributed by atoms with E-state index in [2.05, 4.69) is 5.32 Å². The third kappa shape index (κ3) is 6.37. The minimum Gasteiger partial charge on any atom is -0.592 e. The molecule has 1 aliphatic rings. The number of carbonyl (C=O) groups is 1. The lowest BCUT2D eigenvalue weighted by atomic mass is 9.96. The van der Waals surface area contributed by atoms with Crippen LogP contribution in [0.5, 0.6) is 0 Å². The van der Waals surface area contributed by atoms with Crippen molar-refractivity contribution in [2.24, 2.45) is 11.8 Å². The molecule has 1 unspecified atom stereocenters. The van der Waals surface area contributed by atoms with Gasteiger partial charge < -0.3 is 9.87 Å². The summed E-state index contributed by atoms with van der Waals surface area (Å²) < 4.78 is 41.0. The van der Waals surface area contributed by atoms with E-state index in [4.69, 9.17) is 0 Å². The van der Waals surface area contributed by atoms with Crippen LogP contribution in [-0.4, -0.2) is 36.8 Å². The molecule has 0 fully saturated rings. The quantitative estimate of drug-likeness (QED) is 0.390. The van der Waals surface area contributed by atoms with E-state index in [1.807, 2.05) is 40.7 Å². The number of rotatable bonds is 11. The average Bonchev–Trinajstić information content (AvgIpc) is 2.64. The van der Waals surface area contributed by atoms with E-state index in [1.54, 1.807) is 6.07 Å². The Morgan fingerprint density at radius 3 is 2.53 bits per heavy atom. The minimum atomic E-state index is -3.83. The predicted molar refractivity (Wildman–Crippen MR) is 126 cm³/mol. The molecule has 0 saturated heterocycles. The maximum absolute atomic E-state index is 13.3. The molecule has 1 aliphatic heterocycles. The molecule has 170 valence electrons. The number of nitrogens with one attached hydrogen (secondary N) is 1. The van der Waals surface area contributed by atoms with Crippen LogP contribution >= 0.6 is 0 Å². The summed E-state index contributed by atoms with van der Waals surface area (Å²) in [6.45, 7) is 10.3. The molecule has 0 aromatic heterocycles. The van der Waals surface area contributed by atoms with Gasteiger partial charge in [-0.05, 0) is 42.9 Å². The number of nitrogens with zero attached hydrogens (tertiary/aromatic N) is 1. The minimum absolute atomic E-state index is 0.00215. The molecule has 8 heteroatoms. The largest absolute Gasteiger partial charge is 0.592 e. The molecule has 1 aromatic rings.